The van der Waals surface area contributed by atoms with Gasteiger partial charge in [-0.15, -0.1) is 0 Å². The first kappa shape index (κ1) is 15.3. The maximum absolute atomic E-state index is 11.8. The van der Waals surface area contributed by atoms with E-state index in [4.69, 9.17) is 9.84 Å². The van der Waals surface area contributed by atoms with Crippen LogP contribution in [0.5, 0.6) is 0 Å². The molecule has 128 valence electrons. The van der Waals surface area contributed by atoms with Gasteiger partial charge in [0.05, 0.1) is 18.8 Å². The van der Waals surface area contributed by atoms with Gasteiger partial charge in [0.15, 0.2) is 5.82 Å². The van der Waals surface area contributed by atoms with Crippen LogP contribution in [0.2, 0.25) is 0 Å². The fourth-order valence-corrected chi connectivity index (χ4v) is 3.52. The molecular weight excluding hydrogens is 308 g/mol. The Kier molecular flexibility index (Phi) is 4.05. The average molecular weight is 331 g/mol. The Morgan fingerprint density at radius 2 is 2.04 bits per heavy atom. The van der Waals surface area contributed by atoms with Crippen LogP contribution in [0, 0.1) is 0 Å². The largest absolute Gasteiger partial charge is 0.378 e. The molecule has 2 aromatic heterocycles. The van der Waals surface area contributed by atoms with Gasteiger partial charge in [-0.05, 0) is 35.6 Å². The van der Waals surface area contributed by atoms with Crippen molar-refractivity contribution in [3.05, 3.63) is 17.5 Å². The second-order valence-corrected chi connectivity index (χ2v) is 6.29. The summed E-state index contributed by atoms with van der Waals surface area (Å²) in [4.78, 5) is 15.7. The zero-order chi connectivity index (χ0) is 16.5. The summed E-state index contributed by atoms with van der Waals surface area (Å²) in [5.41, 5.74) is 6.27. The molecule has 1 N–H and O–H groups in total. The normalized spacial score (nSPS) is 17.8. The monoisotopic (exact) mass is 331 g/mol. The Morgan fingerprint density at radius 1 is 1.29 bits per heavy atom. The number of rotatable bonds is 3. The van der Waals surface area contributed by atoms with Crippen LogP contribution in [0.3, 0.4) is 0 Å². The third kappa shape index (κ3) is 2.60. The van der Waals surface area contributed by atoms with E-state index in [0.29, 0.717) is 6.42 Å². The quantitative estimate of drug-likeness (QED) is 0.814. The van der Waals surface area contributed by atoms with E-state index >= 15 is 0 Å². The van der Waals surface area contributed by atoms with E-state index in [-0.39, 0.29) is 5.91 Å². The Balaban J connectivity index is 1.83. The van der Waals surface area contributed by atoms with Crippen molar-refractivity contribution >= 4 is 17.4 Å². The van der Waals surface area contributed by atoms with Gasteiger partial charge in [0.2, 0.25) is 0 Å². The van der Waals surface area contributed by atoms with Gasteiger partial charge in [-0.3, -0.25) is 4.79 Å². The lowest BCUT2D eigenvalue weighted by molar-refractivity contribution is -0.676. The van der Waals surface area contributed by atoms with Gasteiger partial charge in [0.1, 0.15) is 0 Å². The second kappa shape index (κ2) is 6.35. The molecule has 0 unspecified atom stereocenters. The van der Waals surface area contributed by atoms with E-state index in [9.17, 15) is 4.79 Å². The number of morpholine rings is 1. The third-order valence-corrected chi connectivity index (χ3v) is 4.77. The zero-order valence-corrected chi connectivity index (χ0v) is 14.0. The van der Waals surface area contributed by atoms with Crippen LogP contribution in [-0.2, 0) is 22.4 Å². The van der Waals surface area contributed by atoms with Crippen molar-refractivity contribution in [3.8, 4) is 0 Å². The topological polar surface area (TPSA) is 75.6 Å². The summed E-state index contributed by atoms with van der Waals surface area (Å²) in [5.74, 6) is 0.995. The van der Waals surface area contributed by atoms with E-state index in [1.54, 1.807) is 15.6 Å². The number of fused-ring (bicyclic) bond motifs is 3. The first-order valence-corrected chi connectivity index (χ1v) is 8.72. The van der Waals surface area contributed by atoms with Crippen molar-refractivity contribution < 1.29 is 14.3 Å². The van der Waals surface area contributed by atoms with Crippen molar-refractivity contribution in [2.24, 2.45) is 0 Å². The van der Waals surface area contributed by atoms with Crippen molar-refractivity contribution in [3.63, 3.8) is 0 Å². The number of ether oxygens (including phenoxy) is 1. The van der Waals surface area contributed by atoms with Crippen LogP contribution in [-0.4, -0.2) is 46.9 Å². The van der Waals surface area contributed by atoms with Gasteiger partial charge in [-0.1, -0.05) is 16.5 Å². The van der Waals surface area contributed by atoms with Gasteiger partial charge in [-0.25, -0.2) is 0 Å². The minimum Gasteiger partial charge on any atom is -0.378 e. The zero-order valence-electron chi connectivity index (χ0n) is 14.0. The molecule has 1 fully saturated rings. The summed E-state index contributed by atoms with van der Waals surface area (Å²) < 4.78 is 7.27. The first-order valence-electron chi connectivity index (χ1n) is 8.72. The smallest absolute Gasteiger partial charge is 0.358 e. The lowest BCUT2D eigenvalue weighted by atomic mass is 9.92. The maximum Gasteiger partial charge on any atom is 0.358 e. The maximum atomic E-state index is 11.8. The van der Waals surface area contributed by atoms with Crippen LogP contribution in [0.25, 0.3) is 5.65 Å². The number of aryl methyl sites for hydroxylation is 1. The van der Waals surface area contributed by atoms with Crippen molar-refractivity contribution in [1.82, 2.24) is 14.7 Å². The summed E-state index contributed by atoms with van der Waals surface area (Å²) in [6.45, 7) is 5.05. The molecule has 0 bridgehead atoms. The molecule has 3 heterocycles. The molecule has 2 aliphatic rings. The number of carbonyl (C=O) groups excluding carboxylic acids is 1. The predicted molar refractivity (Wildman–Crippen MR) is 87.5 cm³/mol. The number of anilines is 1. The molecule has 1 aliphatic carbocycles. The lowest BCUT2D eigenvalue weighted by Gasteiger charge is -2.30. The highest BCUT2D eigenvalue weighted by Gasteiger charge is 2.30. The summed E-state index contributed by atoms with van der Waals surface area (Å²) >= 11 is 0. The van der Waals surface area contributed by atoms with E-state index in [1.807, 2.05) is 6.92 Å². The van der Waals surface area contributed by atoms with E-state index in [0.717, 1.165) is 57.0 Å². The molecule has 0 spiro atoms. The highest BCUT2D eigenvalue weighted by molar-refractivity contribution is 5.81. The third-order valence-electron chi connectivity index (χ3n) is 4.77. The second-order valence-electron chi connectivity index (χ2n) is 6.29. The van der Waals surface area contributed by atoms with Crippen LogP contribution in [0.15, 0.2) is 6.33 Å². The number of hydrogen-bond acceptors (Lipinski definition) is 5. The van der Waals surface area contributed by atoms with E-state index in [2.05, 4.69) is 15.4 Å². The van der Waals surface area contributed by atoms with E-state index < -0.39 is 0 Å². The molecular formula is C16H23N6O2+. The van der Waals surface area contributed by atoms with Crippen molar-refractivity contribution in [1.29, 1.82) is 0 Å². The molecule has 0 aromatic carbocycles. The molecule has 24 heavy (non-hydrogen) atoms. The van der Waals surface area contributed by atoms with Gasteiger partial charge in [0.25, 0.3) is 12.2 Å². The van der Waals surface area contributed by atoms with Crippen molar-refractivity contribution in [2.75, 3.05) is 36.6 Å². The van der Waals surface area contributed by atoms with Crippen LogP contribution >= 0.6 is 0 Å². The summed E-state index contributed by atoms with van der Waals surface area (Å²) in [5, 5.41) is 9.14. The minimum absolute atomic E-state index is 0.0533. The molecule has 8 nitrogen and oxygen atoms in total. The SMILES string of the molecule is CCC(=O)N[n+]1ncn2nc(N3CCOCC3)c3c(c21)CCCC3. The van der Waals surface area contributed by atoms with Gasteiger partial charge in [0, 0.05) is 25.1 Å². The molecule has 0 saturated carbocycles. The summed E-state index contributed by atoms with van der Waals surface area (Å²) in [6, 6.07) is 0. The lowest BCUT2D eigenvalue weighted by Crippen LogP contribution is -2.51. The highest BCUT2D eigenvalue weighted by Crippen LogP contribution is 2.30. The standard InChI is InChI=1S/C16H22N6O2/c1-2-14(23)18-22-16-13-6-4-3-5-12(13)15(19-21(16)11-17-22)20-7-9-24-10-8-20/h11H,2-10H2,1H3/p+1. The Bertz CT molecular complexity index is 766. The Morgan fingerprint density at radius 3 is 2.79 bits per heavy atom. The molecule has 0 radical (unpaired) electrons. The van der Waals surface area contributed by atoms with E-state index in [1.165, 1.54) is 17.5 Å². The number of aromatic nitrogens is 4. The van der Waals surface area contributed by atoms with Gasteiger partial charge < -0.3 is 9.64 Å². The fourth-order valence-electron chi connectivity index (χ4n) is 3.52. The average Bonchev–Trinajstić information content (AvgIpc) is 3.04. The summed E-state index contributed by atoms with van der Waals surface area (Å²) in [6.07, 6.45) is 6.45. The van der Waals surface area contributed by atoms with Crippen LogP contribution in [0.1, 0.15) is 37.3 Å². The fraction of sp³-hybridized carbons (Fsp3) is 0.625. The molecule has 2 aromatic rings. The number of carbonyl (C=O) groups is 1. The number of hydrogen-bond donors (Lipinski definition) is 1. The highest BCUT2D eigenvalue weighted by atomic mass is 16.5. The predicted octanol–water partition coefficient (Wildman–Crippen LogP) is 0.212. The molecule has 0 atom stereocenters. The molecule has 4 rings (SSSR count). The molecule has 8 heteroatoms. The number of amides is 1. The minimum atomic E-state index is -0.0533. The first-order chi connectivity index (χ1) is 11.8. The number of nitrogens with one attached hydrogen (secondary N) is 1. The Labute approximate surface area is 140 Å². The van der Waals surface area contributed by atoms with Gasteiger partial charge in [-0.2, -0.15) is 5.43 Å². The van der Waals surface area contributed by atoms with Crippen LogP contribution in [0.4, 0.5) is 5.82 Å². The van der Waals surface area contributed by atoms with Gasteiger partial charge >= 0.3 is 5.65 Å². The molecule has 1 saturated heterocycles. The molecule has 1 aliphatic heterocycles. The van der Waals surface area contributed by atoms with Crippen LogP contribution < -0.4 is 15.1 Å². The summed E-state index contributed by atoms with van der Waals surface area (Å²) in [7, 11) is 0. The van der Waals surface area contributed by atoms with Crippen molar-refractivity contribution in [2.45, 2.75) is 39.0 Å². The number of nitrogens with zero attached hydrogens (tertiary/aromatic N) is 5. The molecule has 1 amide bonds. The Hall–Kier alpha value is -2.22.